The van der Waals surface area contributed by atoms with Crippen LogP contribution in [0.2, 0.25) is 0 Å². The number of rotatable bonds is 13. The first-order valence-corrected chi connectivity index (χ1v) is 26.3. The first kappa shape index (κ1) is 54.5. The van der Waals surface area contributed by atoms with Crippen LogP contribution in [0.25, 0.3) is 6.08 Å². The van der Waals surface area contributed by atoms with E-state index in [1.54, 1.807) is 54.6 Å². The fraction of sp³-hybridized carbons (Fsp3) is 0.373. The Labute approximate surface area is 444 Å². The Morgan fingerprint density at radius 1 is 0.667 bits per heavy atom. The third-order valence-corrected chi connectivity index (χ3v) is 15.9. The monoisotopic (exact) mass is 1010 g/mol. The molecule has 75 heavy (non-hydrogen) atoms. The van der Waals surface area contributed by atoms with Crippen molar-refractivity contribution in [3.63, 3.8) is 0 Å². The number of fused-ring (bicyclic) bond motifs is 2. The van der Waals surface area contributed by atoms with Crippen molar-refractivity contribution < 1.29 is 33.7 Å². The highest BCUT2D eigenvalue weighted by molar-refractivity contribution is 6.02. The molecule has 0 amide bonds. The Balaban J connectivity index is 0.925. The highest BCUT2D eigenvalue weighted by atomic mass is 19.1. The summed E-state index contributed by atoms with van der Waals surface area (Å²) in [7, 11) is 4.04. The van der Waals surface area contributed by atoms with Crippen LogP contribution in [0.15, 0.2) is 127 Å². The third kappa shape index (κ3) is 12.2. The molecule has 0 bridgehead atoms. The van der Waals surface area contributed by atoms with Gasteiger partial charge in [-0.15, -0.1) is 0 Å². The number of hydrogen-bond acceptors (Lipinski definition) is 7. The SMILES string of the molecule is CN(C)c1ccc(C(C)(C)Oc2cc(C(O)C#Cc3ccc(C(=O)OC(=O)c4ccc(C=CC(O)c5cc(CCc6ccc(F)cc6)c6c(c5)C(C)(C)CCC6(C)C)cc4)cc3)cc3c2C(C)(C)CCC3(C)C)cc1. The first-order chi connectivity index (χ1) is 35.2. The Morgan fingerprint density at radius 2 is 1.20 bits per heavy atom. The van der Waals surface area contributed by atoms with E-state index >= 15 is 0 Å². The summed E-state index contributed by atoms with van der Waals surface area (Å²) in [6.45, 7) is 22.3. The molecular formula is C67H74FNO6. The van der Waals surface area contributed by atoms with Crippen LogP contribution in [0.4, 0.5) is 10.1 Å². The zero-order chi connectivity index (χ0) is 54.3. The minimum absolute atomic E-state index is 0.0251. The molecule has 7 nitrogen and oxygen atoms in total. The highest BCUT2D eigenvalue weighted by Gasteiger charge is 2.42. The molecule has 390 valence electrons. The van der Waals surface area contributed by atoms with Crippen molar-refractivity contribution in [1.82, 2.24) is 0 Å². The maximum atomic E-state index is 13.7. The van der Waals surface area contributed by atoms with Crippen LogP contribution in [0.5, 0.6) is 5.75 Å². The first-order valence-electron chi connectivity index (χ1n) is 26.3. The summed E-state index contributed by atoms with van der Waals surface area (Å²) in [5.74, 6) is 4.98. The van der Waals surface area contributed by atoms with E-state index < -0.39 is 29.7 Å². The molecule has 0 heterocycles. The van der Waals surface area contributed by atoms with Crippen molar-refractivity contribution in [2.75, 3.05) is 19.0 Å². The van der Waals surface area contributed by atoms with Crippen LogP contribution >= 0.6 is 0 Å². The van der Waals surface area contributed by atoms with E-state index in [0.717, 1.165) is 83.3 Å². The number of carbonyl (C=O) groups excluding carboxylic acids is 2. The number of aliphatic hydroxyl groups excluding tert-OH is 2. The van der Waals surface area contributed by atoms with Gasteiger partial charge in [0.1, 0.15) is 23.3 Å². The maximum absolute atomic E-state index is 13.7. The number of halogens is 1. The summed E-state index contributed by atoms with van der Waals surface area (Å²) in [5.41, 5.74) is 11.4. The maximum Gasteiger partial charge on any atom is 0.346 e. The van der Waals surface area contributed by atoms with Gasteiger partial charge in [-0.05, 0) is 191 Å². The van der Waals surface area contributed by atoms with Gasteiger partial charge in [0.25, 0.3) is 0 Å². The van der Waals surface area contributed by atoms with Gasteiger partial charge >= 0.3 is 11.9 Å². The van der Waals surface area contributed by atoms with E-state index in [4.69, 9.17) is 9.47 Å². The Bertz CT molecular complexity index is 3170. The van der Waals surface area contributed by atoms with Crippen molar-refractivity contribution in [3.05, 3.63) is 206 Å². The minimum Gasteiger partial charge on any atom is -0.483 e. The van der Waals surface area contributed by atoms with Crippen LogP contribution in [-0.2, 0) is 44.8 Å². The number of hydrogen-bond donors (Lipinski definition) is 2. The van der Waals surface area contributed by atoms with Gasteiger partial charge in [0.05, 0.1) is 17.2 Å². The number of aliphatic hydroxyl groups is 2. The van der Waals surface area contributed by atoms with Crippen LogP contribution in [0.1, 0.15) is 189 Å². The van der Waals surface area contributed by atoms with Gasteiger partial charge in [0, 0.05) is 30.9 Å². The second-order valence-electron chi connectivity index (χ2n) is 24.1. The predicted octanol–water partition coefficient (Wildman–Crippen LogP) is 14.5. The Morgan fingerprint density at radius 3 is 1.79 bits per heavy atom. The van der Waals surface area contributed by atoms with E-state index in [1.807, 2.05) is 38.4 Å². The number of anilines is 1. The van der Waals surface area contributed by atoms with Gasteiger partial charge in [-0.2, -0.15) is 0 Å². The molecule has 2 atom stereocenters. The molecule has 0 aliphatic heterocycles. The summed E-state index contributed by atoms with van der Waals surface area (Å²) in [6, 6.07) is 36.5. The smallest absolute Gasteiger partial charge is 0.346 e. The zero-order valence-corrected chi connectivity index (χ0v) is 46.0. The van der Waals surface area contributed by atoms with Crippen LogP contribution in [-0.4, -0.2) is 36.2 Å². The molecule has 6 aromatic carbocycles. The van der Waals surface area contributed by atoms with Crippen molar-refractivity contribution >= 4 is 23.7 Å². The number of ether oxygens (including phenoxy) is 2. The number of esters is 2. The van der Waals surface area contributed by atoms with Crippen molar-refractivity contribution in [2.24, 2.45) is 0 Å². The van der Waals surface area contributed by atoms with Gasteiger partial charge < -0.3 is 24.6 Å². The number of aryl methyl sites for hydroxylation is 2. The van der Waals surface area contributed by atoms with E-state index in [1.165, 1.54) is 28.8 Å². The second-order valence-corrected chi connectivity index (χ2v) is 24.1. The van der Waals surface area contributed by atoms with E-state index in [9.17, 15) is 24.2 Å². The second kappa shape index (κ2) is 21.1. The van der Waals surface area contributed by atoms with Crippen LogP contribution < -0.4 is 9.64 Å². The van der Waals surface area contributed by atoms with Gasteiger partial charge in [-0.3, -0.25) is 0 Å². The van der Waals surface area contributed by atoms with Crippen molar-refractivity contribution in [2.45, 2.75) is 147 Å². The summed E-state index contributed by atoms with van der Waals surface area (Å²) in [6.07, 6.45) is 7.16. The fourth-order valence-corrected chi connectivity index (χ4v) is 10.9. The summed E-state index contributed by atoms with van der Waals surface area (Å²) in [5, 5.41) is 23.2. The van der Waals surface area contributed by atoms with E-state index in [-0.39, 0.29) is 38.6 Å². The zero-order valence-electron chi connectivity index (χ0n) is 46.0. The molecule has 0 fully saturated rings. The lowest BCUT2D eigenvalue weighted by molar-refractivity contribution is 0.0397. The molecule has 0 aromatic heterocycles. The average Bonchev–Trinajstić information content (AvgIpc) is 3.37. The topological polar surface area (TPSA) is 96.3 Å². The van der Waals surface area contributed by atoms with Gasteiger partial charge in [0.2, 0.25) is 0 Å². The lowest BCUT2D eigenvalue weighted by Crippen LogP contribution is -2.36. The lowest BCUT2D eigenvalue weighted by Gasteiger charge is -2.44. The molecule has 2 unspecified atom stereocenters. The standard InChI is InChI=1S/C67H74FNO6/c1-63(2)35-37-65(5,6)59-48(26-17-45-18-29-52(68)30-19-45)39-49(40-54(59)63)56(70)33-20-43-13-22-46(23-14-43)61(72)74-62(73)47-24-15-44(16-25-47)21-34-57(71)50-41-55-60(66(7,8)38-36-64(55,3)4)58(42-50)75-67(9,10)51-27-31-53(32-28-51)69(11)12/h13-16,18-20,22-25,27-33,39-42,56-57,70-71H,17,26,35-38H2,1-12H3. The molecule has 2 N–H and O–H groups in total. The Hall–Kier alpha value is -6.79. The molecule has 0 radical (unpaired) electrons. The molecule has 0 saturated carbocycles. The predicted molar refractivity (Wildman–Crippen MR) is 300 cm³/mol. The van der Waals surface area contributed by atoms with E-state index in [2.05, 4.69) is 128 Å². The average molecular weight is 1010 g/mol. The quantitative estimate of drug-likeness (QED) is 0.0676. The number of benzene rings is 6. The Kier molecular flexibility index (Phi) is 15.3. The van der Waals surface area contributed by atoms with Gasteiger partial charge in [-0.1, -0.05) is 134 Å². The third-order valence-electron chi connectivity index (χ3n) is 15.9. The van der Waals surface area contributed by atoms with E-state index in [0.29, 0.717) is 11.1 Å². The molecule has 2 aliphatic rings. The van der Waals surface area contributed by atoms with Crippen molar-refractivity contribution in [1.29, 1.82) is 0 Å². The lowest BCUT2D eigenvalue weighted by atomic mass is 9.61. The molecule has 8 rings (SSSR count). The molecule has 0 saturated heterocycles. The minimum atomic E-state index is -1.12. The van der Waals surface area contributed by atoms with Gasteiger partial charge in [0.15, 0.2) is 0 Å². The normalized spacial score (nSPS) is 16.9. The fourth-order valence-electron chi connectivity index (χ4n) is 10.9. The largest absolute Gasteiger partial charge is 0.483 e. The molecule has 8 heteroatoms. The highest BCUT2D eigenvalue weighted by Crippen LogP contribution is 2.52. The molecule has 6 aromatic rings. The van der Waals surface area contributed by atoms with Crippen molar-refractivity contribution in [3.8, 4) is 17.6 Å². The van der Waals surface area contributed by atoms with Crippen LogP contribution in [0, 0.1) is 17.7 Å². The number of nitrogens with zero attached hydrogens (tertiary/aromatic N) is 1. The molecular weight excluding hydrogens is 934 g/mol. The van der Waals surface area contributed by atoms with Crippen LogP contribution in [0.3, 0.4) is 0 Å². The summed E-state index contributed by atoms with van der Waals surface area (Å²) >= 11 is 0. The molecule has 2 aliphatic carbocycles. The summed E-state index contributed by atoms with van der Waals surface area (Å²) < 4.78 is 25.9. The number of carbonyl (C=O) groups is 2. The van der Waals surface area contributed by atoms with Gasteiger partial charge in [-0.25, -0.2) is 14.0 Å². The summed E-state index contributed by atoms with van der Waals surface area (Å²) in [4.78, 5) is 28.4. The molecule has 0 spiro atoms.